The molecule has 1 aliphatic rings. The number of rotatable bonds is 6. The van der Waals surface area contributed by atoms with Crippen LogP contribution in [0.2, 0.25) is 5.02 Å². The summed E-state index contributed by atoms with van der Waals surface area (Å²) in [5.41, 5.74) is 3.54. The molecule has 0 spiro atoms. The Morgan fingerprint density at radius 3 is 2.50 bits per heavy atom. The average Bonchev–Trinajstić information content (AvgIpc) is 2.73. The van der Waals surface area contributed by atoms with E-state index in [1.807, 2.05) is 25.7 Å². The van der Waals surface area contributed by atoms with Crippen molar-refractivity contribution < 1.29 is 14.0 Å². The molecule has 1 atom stereocenters. The highest BCUT2D eigenvalue weighted by molar-refractivity contribution is 6.31. The summed E-state index contributed by atoms with van der Waals surface area (Å²) in [7, 11) is 0. The van der Waals surface area contributed by atoms with E-state index < -0.39 is 0 Å². The zero-order valence-corrected chi connectivity index (χ0v) is 20.2. The normalized spacial score (nSPS) is 17.1. The van der Waals surface area contributed by atoms with Crippen LogP contribution in [0.15, 0.2) is 24.4 Å². The summed E-state index contributed by atoms with van der Waals surface area (Å²) >= 11 is 6.11. The van der Waals surface area contributed by atoms with Crippen molar-refractivity contribution in [3.05, 3.63) is 63.2 Å². The topological polar surface area (TPSA) is 53.5 Å². The number of pyridine rings is 1. The Kier molecular flexibility index (Phi) is 7.67. The highest BCUT2D eigenvalue weighted by Gasteiger charge is 2.29. The van der Waals surface area contributed by atoms with E-state index in [1.165, 1.54) is 12.3 Å². The van der Waals surface area contributed by atoms with Gasteiger partial charge in [-0.1, -0.05) is 25.4 Å². The van der Waals surface area contributed by atoms with Crippen molar-refractivity contribution in [2.45, 2.75) is 53.6 Å². The fourth-order valence-electron chi connectivity index (χ4n) is 4.16. The second-order valence-electron chi connectivity index (χ2n) is 9.01. The lowest BCUT2D eigenvalue weighted by atomic mass is 9.95. The van der Waals surface area contributed by atoms with Crippen LogP contribution >= 0.6 is 11.6 Å². The van der Waals surface area contributed by atoms with Crippen LogP contribution in [0.25, 0.3) is 0 Å². The number of aryl methyl sites for hydroxylation is 1. The monoisotopic (exact) mass is 459 g/mol. The molecule has 0 saturated carbocycles. The van der Waals surface area contributed by atoms with Gasteiger partial charge in [0.05, 0.1) is 10.7 Å². The number of amides is 1. The Balaban J connectivity index is 1.73. The molecule has 2 heterocycles. The molecule has 2 aromatic rings. The molecule has 32 heavy (non-hydrogen) atoms. The van der Waals surface area contributed by atoms with Gasteiger partial charge < -0.3 is 4.90 Å². The van der Waals surface area contributed by atoms with Crippen molar-refractivity contribution in [2.24, 2.45) is 5.92 Å². The number of hydrogen-bond acceptors (Lipinski definition) is 4. The lowest BCUT2D eigenvalue weighted by Gasteiger charge is -2.41. The highest BCUT2D eigenvalue weighted by atomic mass is 35.5. The average molecular weight is 460 g/mol. The van der Waals surface area contributed by atoms with Gasteiger partial charge in [-0.2, -0.15) is 0 Å². The van der Waals surface area contributed by atoms with Gasteiger partial charge in [-0.3, -0.25) is 19.5 Å². The highest BCUT2D eigenvalue weighted by Crippen LogP contribution is 2.23. The Labute approximate surface area is 194 Å². The number of ketones is 1. The summed E-state index contributed by atoms with van der Waals surface area (Å²) < 4.78 is 14.4. The fourth-order valence-corrected chi connectivity index (χ4v) is 4.32. The fraction of sp³-hybridized carbons (Fsp3) is 0.480. The van der Waals surface area contributed by atoms with Gasteiger partial charge in [0, 0.05) is 56.3 Å². The second kappa shape index (κ2) is 10.1. The minimum Gasteiger partial charge on any atom is -0.337 e. The van der Waals surface area contributed by atoms with E-state index >= 15 is 0 Å². The van der Waals surface area contributed by atoms with Gasteiger partial charge in [-0.25, -0.2) is 4.39 Å². The third kappa shape index (κ3) is 5.54. The summed E-state index contributed by atoms with van der Waals surface area (Å²) in [6.45, 7) is 12.3. The lowest BCUT2D eigenvalue weighted by Crippen LogP contribution is -2.54. The number of Topliss-reactive ketones (excluding diaryl/α,β-unsaturated/α-hetero) is 1. The molecule has 1 aromatic heterocycles. The molecule has 172 valence electrons. The van der Waals surface area contributed by atoms with E-state index in [0.29, 0.717) is 34.9 Å². The van der Waals surface area contributed by atoms with Crippen LogP contribution in [-0.2, 0) is 17.8 Å². The maximum absolute atomic E-state index is 14.4. The van der Waals surface area contributed by atoms with Crippen LogP contribution in [0.4, 0.5) is 4.39 Å². The number of aromatic nitrogens is 1. The lowest BCUT2D eigenvalue weighted by molar-refractivity contribution is -0.139. The first kappa shape index (κ1) is 24.3. The first-order valence-electron chi connectivity index (χ1n) is 11.0. The van der Waals surface area contributed by atoms with E-state index in [0.717, 1.165) is 24.2 Å². The Morgan fingerprint density at radius 1 is 1.19 bits per heavy atom. The molecule has 7 heteroatoms. The van der Waals surface area contributed by atoms with Gasteiger partial charge in [0.15, 0.2) is 5.78 Å². The predicted octanol–water partition coefficient (Wildman–Crippen LogP) is 4.61. The van der Waals surface area contributed by atoms with Crippen molar-refractivity contribution in [3.8, 4) is 0 Å². The molecule has 1 aromatic carbocycles. The number of piperazine rings is 1. The van der Waals surface area contributed by atoms with E-state index in [9.17, 15) is 14.0 Å². The number of halogens is 2. The number of benzene rings is 1. The molecule has 1 aliphatic heterocycles. The van der Waals surface area contributed by atoms with Crippen LogP contribution < -0.4 is 0 Å². The van der Waals surface area contributed by atoms with E-state index in [-0.39, 0.29) is 35.9 Å². The van der Waals surface area contributed by atoms with Gasteiger partial charge in [-0.05, 0) is 55.7 Å². The molecule has 1 fully saturated rings. The maximum atomic E-state index is 14.4. The van der Waals surface area contributed by atoms with Crippen molar-refractivity contribution in [2.75, 3.05) is 19.6 Å². The smallest absolute Gasteiger partial charge is 0.225 e. The van der Waals surface area contributed by atoms with Crippen molar-refractivity contribution in [1.82, 2.24) is 14.8 Å². The van der Waals surface area contributed by atoms with Crippen molar-refractivity contribution in [3.63, 3.8) is 0 Å². The summed E-state index contributed by atoms with van der Waals surface area (Å²) in [6, 6.07) is 4.69. The summed E-state index contributed by atoms with van der Waals surface area (Å²) in [6.07, 6.45) is 1.60. The molecule has 0 radical (unpaired) electrons. The zero-order chi connectivity index (χ0) is 23.6. The van der Waals surface area contributed by atoms with Crippen LogP contribution in [-0.4, -0.2) is 52.2 Å². The Bertz CT molecular complexity index is 1020. The summed E-state index contributed by atoms with van der Waals surface area (Å²) in [5.74, 6) is -0.345. The van der Waals surface area contributed by atoms with Gasteiger partial charge >= 0.3 is 0 Å². The third-order valence-electron chi connectivity index (χ3n) is 6.17. The zero-order valence-electron chi connectivity index (χ0n) is 19.4. The maximum Gasteiger partial charge on any atom is 0.225 e. The van der Waals surface area contributed by atoms with Gasteiger partial charge in [0.2, 0.25) is 5.91 Å². The number of carbonyl (C=O) groups is 2. The van der Waals surface area contributed by atoms with Crippen LogP contribution in [0.1, 0.15) is 53.5 Å². The van der Waals surface area contributed by atoms with Gasteiger partial charge in [0.25, 0.3) is 0 Å². The van der Waals surface area contributed by atoms with Crippen LogP contribution in [0.3, 0.4) is 0 Å². The molecular formula is C25H31ClFN3O2. The quantitative estimate of drug-likeness (QED) is 0.592. The van der Waals surface area contributed by atoms with Crippen LogP contribution in [0, 0.1) is 25.6 Å². The number of hydrogen-bond donors (Lipinski definition) is 0. The molecule has 1 saturated heterocycles. The molecule has 3 rings (SSSR count). The summed E-state index contributed by atoms with van der Waals surface area (Å²) in [5, 5.41) is 0.441. The van der Waals surface area contributed by atoms with Gasteiger partial charge in [0.1, 0.15) is 5.82 Å². The van der Waals surface area contributed by atoms with Crippen molar-refractivity contribution >= 4 is 23.3 Å². The molecule has 0 N–H and O–H groups in total. The molecule has 5 nitrogen and oxygen atoms in total. The Morgan fingerprint density at radius 2 is 1.88 bits per heavy atom. The largest absolute Gasteiger partial charge is 0.337 e. The first-order chi connectivity index (χ1) is 15.1. The van der Waals surface area contributed by atoms with E-state index in [1.54, 1.807) is 19.1 Å². The third-order valence-corrected chi connectivity index (χ3v) is 6.55. The minimum absolute atomic E-state index is 0.0202. The molecule has 0 aliphatic carbocycles. The number of nitrogens with zero attached hydrogens (tertiary/aromatic N) is 3. The number of carbonyl (C=O) groups excluding carboxylic acids is 2. The van der Waals surface area contributed by atoms with Crippen molar-refractivity contribution in [1.29, 1.82) is 0 Å². The molecule has 1 amide bonds. The molecule has 0 unspecified atom stereocenters. The standard InChI is InChI=1S/C25H31ClFN3O2/c1-15(2)25(32)30-7-6-29(13-16(30)3)14-21-9-22(27)8-19(17(21)4)11-24(31)20-10-23(26)18(5)28-12-20/h8-10,12,15-16H,6-7,11,13-14H2,1-5H3/t16-/m0/s1. The van der Waals surface area contributed by atoms with Crippen LogP contribution in [0.5, 0.6) is 0 Å². The minimum atomic E-state index is -0.352. The van der Waals surface area contributed by atoms with Gasteiger partial charge in [-0.15, -0.1) is 0 Å². The first-order valence-corrected chi connectivity index (χ1v) is 11.4. The molecule has 0 bridgehead atoms. The van der Waals surface area contributed by atoms with E-state index in [4.69, 9.17) is 11.6 Å². The second-order valence-corrected chi connectivity index (χ2v) is 9.42. The summed E-state index contributed by atoms with van der Waals surface area (Å²) in [4.78, 5) is 33.5. The molecular weight excluding hydrogens is 429 g/mol. The Hall–Kier alpha value is -2.31. The predicted molar refractivity (Wildman–Crippen MR) is 124 cm³/mol. The SMILES string of the molecule is Cc1ncc(C(=O)Cc2cc(F)cc(CN3CCN(C(=O)C(C)C)[C@@H](C)C3)c2C)cc1Cl. The van der Waals surface area contributed by atoms with E-state index in [2.05, 4.69) is 16.8 Å².